The maximum atomic E-state index is 11.6. The zero-order valence-corrected chi connectivity index (χ0v) is 13.5. The molecular formula is C19H16O3P+. The summed E-state index contributed by atoms with van der Waals surface area (Å²) in [6.45, 7) is 2.02. The first-order chi connectivity index (χ1) is 11.1. The first kappa shape index (κ1) is 15.5. The van der Waals surface area contributed by atoms with Crippen LogP contribution < -0.4 is 0 Å². The molecule has 114 valence electrons. The van der Waals surface area contributed by atoms with Crippen LogP contribution in [-0.4, -0.2) is 15.5 Å². The van der Waals surface area contributed by atoms with Crippen molar-refractivity contribution < 1.29 is 14.8 Å². The number of benzene rings is 2. The number of allylic oxidation sites excluding steroid dienone is 4. The molecule has 3 rings (SSSR count). The van der Waals surface area contributed by atoms with E-state index in [2.05, 4.69) is 0 Å². The Balaban J connectivity index is 2.19. The van der Waals surface area contributed by atoms with Crippen molar-refractivity contribution in [2.45, 2.75) is 12.8 Å². The molecule has 0 aliphatic heterocycles. The molecule has 4 heteroatoms. The van der Waals surface area contributed by atoms with E-state index in [1.165, 1.54) is 0 Å². The van der Waals surface area contributed by atoms with Crippen molar-refractivity contribution in [3.63, 3.8) is 0 Å². The molecule has 1 atom stereocenters. The van der Waals surface area contributed by atoms with Gasteiger partial charge in [0.25, 0.3) is 0 Å². The second-order valence-electron chi connectivity index (χ2n) is 5.52. The molecule has 0 spiro atoms. The summed E-state index contributed by atoms with van der Waals surface area (Å²) < 4.78 is 11.6. The minimum atomic E-state index is -0.149. The zero-order chi connectivity index (χ0) is 16.4. The van der Waals surface area contributed by atoms with Crippen molar-refractivity contribution >= 4 is 19.0 Å². The van der Waals surface area contributed by atoms with E-state index in [1.807, 2.05) is 43.3 Å². The van der Waals surface area contributed by atoms with Crippen LogP contribution in [0.15, 0.2) is 66.3 Å². The normalized spacial score (nSPS) is 17.4. The van der Waals surface area contributed by atoms with Crippen LogP contribution in [0.5, 0.6) is 11.5 Å². The van der Waals surface area contributed by atoms with Crippen LogP contribution >= 0.6 is 8.08 Å². The molecule has 3 nitrogen and oxygen atoms in total. The summed E-state index contributed by atoms with van der Waals surface area (Å²) in [5.41, 5.74) is 4.08. The van der Waals surface area contributed by atoms with Crippen molar-refractivity contribution in [1.82, 2.24) is 0 Å². The van der Waals surface area contributed by atoms with Crippen LogP contribution in [-0.2, 0) is 4.57 Å². The fourth-order valence-electron chi connectivity index (χ4n) is 2.89. The van der Waals surface area contributed by atoms with Crippen LogP contribution in [0, 0.1) is 0 Å². The molecule has 0 fully saturated rings. The van der Waals surface area contributed by atoms with Crippen LogP contribution in [0.2, 0.25) is 0 Å². The van der Waals surface area contributed by atoms with Gasteiger partial charge >= 0.3 is 135 Å². The standard InChI is InChI=1S/C19H15O3P/c1-12-2-11-17(23-22)19(14-5-9-16(21)10-6-14)18(12)13-3-7-15(20)8-4-13/h2-11,19H,1H3,(H-,20,21)/p+1. The molecule has 0 aromatic heterocycles. The van der Waals surface area contributed by atoms with Crippen molar-refractivity contribution in [3.05, 3.63) is 77.4 Å². The summed E-state index contributed by atoms with van der Waals surface area (Å²) in [5, 5.41) is 19.8. The first-order valence-corrected chi connectivity index (χ1v) is 8.09. The molecule has 0 radical (unpaired) electrons. The third kappa shape index (κ3) is 3.06. The van der Waals surface area contributed by atoms with Crippen molar-refractivity contribution in [1.29, 1.82) is 0 Å². The monoisotopic (exact) mass is 323 g/mol. The summed E-state index contributed by atoms with van der Waals surface area (Å²) in [6, 6.07) is 14.0. The summed E-state index contributed by atoms with van der Waals surface area (Å²) in [4.78, 5) is 0. The van der Waals surface area contributed by atoms with Gasteiger partial charge in [0, 0.05) is 0 Å². The number of hydrogen-bond acceptors (Lipinski definition) is 3. The van der Waals surface area contributed by atoms with Gasteiger partial charge in [-0.2, -0.15) is 0 Å². The molecule has 2 N–H and O–H groups in total. The van der Waals surface area contributed by atoms with E-state index in [9.17, 15) is 14.8 Å². The van der Waals surface area contributed by atoms with Gasteiger partial charge in [-0.05, 0) is 0 Å². The molecule has 1 aliphatic carbocycles. The van der Waals surface area contributed by atoms with Gasteiger partial charge in [-0.25, -0.2) is 0 Å². The Bertz CT molecular complexity index is 839. The maximum absolute atomic E-state index is 11.6. The predicted octanol–water partition coefficient (Wildman–Crippen LogP) is 4.69. The Morgan fingerprint density at radius 3 is 2.00 bits per heavy atom. The predicted molar refractivity (Wildman–Crippen MR) is 93.3 cm³/mol. The molecule has 0 amide bonds. The van der Waals surface area contributed by atoms with Gasteiger partial charge in [-0.3, -0.25) is 0 Å². The number of phenolic OH excluding ortho intramolecular Hbond substituents is 2. The van der Waals surface area contributed by atoms with E-state index in [0.29, 0.717) is 0 Å². The Labute approximate surface area is 136 Å². The van der Waals surface area contributed by atoms with Crippen LogP contribution in [0.3, 0.4) is 0 Å². The van der Waals surface area contributed by atoms with Gasteiger partial charge < -0.3 is 0 Å². The summed E-state index contributed by atoms with van der Waals surface area (Å²) in [5.74, 6) is 0.267. The summed E-state index contributed by atoms with van der Waals surface area (Å²) in [7, 11) is -0.0238. The second-order valence-corrected chi connectivity index (χ2v) is 6.22. The van der Waals surface area contributed by atoms with Crippen LogP contribution in [0.1, 0.15) is 24.0 Å². The van der Waals surface area contributed by atoms with Crippen LogP contribution in [0.4, 0.5) is 0 Å². The minimum absolute atomic E-state index is 0.0238. The molecule has 1 unspecified atom stereocenters. The van der Waals surface area contributed by atoms with E-state index in [-0.39, 0.29) is 25.5 Å². The number of hydrogen-bond donors (Lipinski definition) is 2. The Hall–Kier alpha value is -2.38. The molecule has 2 aromatic rings. The number of phenols is 2. The third-order valence-corrected chi connectivity index (χ3v) is 4.64. The van der Waals surface area contributed by atoms with Gasteiger partial charge in [0.1, 0.15) is 0 Å². The van der Waals surface area contributed by atoms with Crippen LogP contribution in [0.25, 0.3) is 5.57 Å². The zero-order valence-electron chi connectivity index (χ0n) is 12.6. The molecule has 2 aromatic carbocycles. The molecule has 0 heterocycles. The molecular weight excluding hydrogens is 307 g/mol. The van der Waals surface area contributed by atoms with E-state index in [0.717, 1.165) is 27.6 Å². The summed E-state index contributed by atoms with van der Waals surface area (Å²) in [6.07, 6.45) is 3.84. The average molecular weight is 323 g/mol. The van der Waals surface area contributed by atoms with E-state index < -0.39 is 0 Å². The fourth-order valence-corrected chi connectivity index (χ4v) is 3.41. The van der Waals surface area contributed by atoms with Gasteiger partial charge in [0.15, 0.2) is 0 Å². The van der Waals surface area contributed by atoms with Crippen molar-refractivity contribution in [2.75, 3.05) is 0 Å². The van der Waals surface area contributed by atoms with Gasteiger partial charge in [0.05, 0.1) is 0 Å². The average Bonchev–Trinajstić information content (AvgIpc) is 2.56. The summed E-state index contributed by atoms with van der Waals surface area (Å²) >= 11 is 0. The SMILES string of the molecule is CC1=C(c2ccc(O)cc2)C(c2ccc(O)cc2)C(=[P+]=O)C=C1. The van der Waals surface area contributed by atoms with Gasteiger partial charge in [-0.1, -0.05) is 0 Å². The fraction of sp³-hybridized carbons (Fsp3) is 0.105. The Morgan fingerprint density at radius 2 is 1.43 bits per heavy atom. The Kier molecular flexibility index (Phi) is 4.31. The van der Waals surface area contributed by atoms with Crippen molar-refractivity contribution in [3.8, 4) is 11.5 Å². The Morgan fingerprint density at radius 1 is 0.870 bits per heavy atom. The molecule has 0 bridgehead atoms. The topological polar surface area (TPSA) is 57.5 Å². The third-order valence-electron chi connectivity index (χ3n) is 4.02. The second kappa shape index (κ2) is 6.39. The van der Waals surface area contributed by atoms with Gasteiger partial charge in [-0.15, -0.1) is 0 Å². The quantitative estimate of drug-likeness (QED) is 0.788. The molecule has 23 heavy (non-hydrogen) atoms. The molecule has 1 aliphatic rings. The first-order valence-electron chi connectivity index (χ1n) is 7.27. The van der Waals surface area contributed by atoms with E-state index in [1.54, 1.807) is 24.3 Å². The van der Waals surface area contributed by atoms with E-state index in [4.69, 9.17) is 0 Å². The number of rotatable bonds is 2. The molecule has 0 saturated carbocycles. The van der Waals surface area contributed by atoms with Crippen molar-refractivity contribution in [2.24, 2.45) is 0 Å². The number of aromatic hydroxyl groups is 2. The van der Waals surface area contributed by atoms with E-state index >= 15 is 0 Å². The molecule has 0 saturated heterocycles. The van der Waals surface area contributed by atoms with Gasteiger partial charge in [0.2, 0.25) is 0 Å².